The summed E-state index contributed by atoms with van der Waals surface area (Å²) in [4.78, 5) is 15.2. The third kappa shape index (κ3) is 2.36. The number of nitrogens with zero attached hydrogens (tertiary/aromatic N) is 1. The van der Waals surface area contributed by atoms with E-state index in [9.17, 15) is 4.79 Å². The Morgan fingerprint density at radius 1 is 1.50 bits per heavy atom. The van der Waals surface area contributed by atoms with Crippen LogP contribution in [-0.4, -0.2) is 18.2 Å². The van der Waals surface area contributed by atoms with Crippen molar-refractivity contribution in [1.29, 1.82) is 5.41 Å². The van der Waals surface area contributed by atoms with Gasteiger partial charge < -0.3 is 5.41 Å². The molecule has 0 heterocycles. The largest absolute Gasteiger partial charge is 0.307 e. The lowest BCUT2D eigenvalue weighted by atomic mass is 10.1. The van der Waals surface area contributed by atoms with Gasteiger partial charge in [-0.2, -0.15) is 0 Å². The second-order valence-electron chi connectivity index (χ2n) is 3.02. The van der Waals surface area contributed by atoms with Gasteiger partial charge in [0, 0.05) is 18.0 Å². The van der Waals surface area contributed by atoms with Gasteiger partial charge in [-0.05, 0) is 26.0 Å². The molecule has 1 N–H and O–H groups in total. The van der Waals surface area contributed by atoms with Gasteiger partial charge in [-0.1, -0.05) is 11.6 Å². The lowest BCUT2D eigenvalue weighted by Gasteiger charge is -2.02. The molecule has 0 aliphatic carbocycles. The molecular formula is C11H12N2O. The Labute approximate surface area is 83.0 Å². The number of benzene rings is 1. The monoisotopic (exact) mass is 188 g/mol. The maximum absolute atomic E-state index is 11.3. The van der Waals surface area contributed by atoms with E-state index in [-0.39, 0.29) is 5.78 Å². The van der Waals surface area contributed by atoms with Crippen molar-refractivity contribution in [3.05, 3.63) is 29.3 Å². The predicted octanol–water partition coefficient (Wildman–Crippen LogP) is 2.55. The van der Waals surface area contributed by atoms with Crippen molar-refractivity contribution < 1.29 is 4.79 Å². The Kier molecular flexibility index (Phi) is 3.29. The molecule has 72 valence electrons. The smallest absolute Gasteiger partial charge is 0.161 e. The molecule has 0 fully saturated rings. The molecule has 0 saturated carbocycles. The van der Waals surface area contributed by atoms with Gasteiger partial charge in [0.25, 0.3) is 0 Å². The highest BCUT2D eigenvalue weighted by molar-refractivity contribution is 6.15. The number of nitrogens with one attached hydrogen (secondary N) is 1. The highest BCUT2D eigenvalue weighted by atomic mass is 16.1. The van der Waals surface area contributed by atoms with Crippen molar-refractivity contribution >= 4 is 23.9 Å². The first-order valence-electron chi connectivity index (χ1n) is 4.30. The summed E-state index contributed by atoms with van der Waals surface area (Å²) in [5, 5.41) is 6.81. The van der Waals surface area contributed by atoms with Gasteiger partial charge in [0.05, 0.1) is 5.69 Å². The van der Waals surface area contributed by atoms with Crippen molar-refractivity contribution in [2.24, 2.45) is 4.99 Å². The predicted molar refractivity (Wildman–Crippen MR) is 58.1 cm³/mol. The van der Waals surface area contributed by atoms with Crippen molar-refractivity contribution in [3.8, 4) is 0 Å². The molecule has 0 saturated heterocycles. The molecule has 0 unspecified atom stereocenters. The van der Waals surface area contributed by atoms with E-state index in [2.05, 4.69) is 4.99 Å². The zero-order chi connectivity index (χ0) is 10.6. The second-order valence-corrected chi connectivity index (χ2v) is 3.02. The van der Waals surface area contributed by atoms with Crippen molar-refractivity contribution in [1.82, 2.24) is 0 Å². The van der Waals surface area contributed by atoms with E-state index >= 15 is 0 Å². The minimum absolute atomic E-state index is 0.00849. The maximum atomic E-state index is 11.3. The van der Waals surface area contributed by atoms with E-state index in [1.807, 2.05) is 13.0 Å². The van der Waals surface area contributed by atoms with Crippen LogP contribution in [0.15, 0.2) is 23.2 Å². The average molecular weight is 188 g/mol. The molecule has 1 aromatic rings. The molecule has 3 heteroatoms. The van der Waals surface area contributed by atoms with E-state index in [4.69, 9.17) is 5.41 Å². The van der Waals surface area contributed by atoms with Gasteiger partial charge in [0.15, 0.2) is 5.78 Å². The fraction of sp³-hybridized carbons (Fsp3) is 0.182. The molecule has 0 aliphatic heterocycles. The van der Waals surface area contributed by atoms with Crippen LogP contribution in [0.2, 0.25) is 0 Å². The zero-order valence-electron chi connectivity index (χ0n) is 8.24. The van der Waals surface area contributed by atoms with Crippen LogP contribution in [0.3, 0.4) is 0 Å². The minimum Gasteiger partial charge on any atom is -0.307 e. The van der Waals surface area contributed by atoms with Gasteiger partial charge >= 0.3 is 0 Å². The number of aliphatic imine (C=N–C) groups is 1. The second kappa shape index (κ2) is 4.46. The number of carbonyl (C=O) groups excluding carboxylic acids is 1. The Morgan fingerprint density at radius 3 is 2.79 bits per heavy atom. The third-order valence-corrected chi connectivity index (χ3v) is 1.82. The Balaban J connectivity index is 3.21. The number of ketones is 1. The molecule has 0 atom stereocenters. The molecule has 0 amide bonds. The van der Waals surface area contributed by atoms with Crippen LogP contribution in [-0.2, 0) is 0 Å². The first-order chi connectivity index (χ1) is 6.65. The van der Waals surface area contributed by atoms with Crippen LogP contribution in [0, 0.1) is 12.3 Å². The summed E-state index contributed by atoms with van der Waals surface area (Å²) < 4.78 is 0. The molecule has 0 bridgehead atoms. The number of aryl methyl sites for hydroxylation is 1. The van der Waals surface area contributed by atoms with Crippen LogP contribution in [0.5, 0.6) is 0 Å². The lowest BCUT2D eigenvalue weighted by molar-refractivity contribution is 0.101. The number of hydrogen-bond acceptors (Lipinski definition) is 3. The molecule has 3 nitrogen and oxygen atoms in total. The van der Waals surface area contributed by atoms with E-state index in [1.54, 1.807) is 12.1 Å². The highest BCUT2D eigenvalue weighted by Crippen LogP contribution is 2.20. The molecule has 0 spiro atoms. The summed E-state index contributed by atoms with van der Waals surface area (Å²) in [6.45, 7) is 3.44. The Hall–Kier alpha value is -1.77. The van der Waals surface area contributed by atoms with Gasteiger partial charge in [0.1, 0.15) is 0 Å². The van der Waals surface area contributed by atoms with Crippen LogP contribution >= 0.6 is 0 Å². The number of Topliss-reactive ketones (excluding diaryl/α,β-unsaturated/α-hetero) is 1. The average Bonchev–Trinajstić information content (AvgIpc) is 2.15. The van der Waals surface area contributed by atoms with Gasteiger partial charge in [-0.15, -0.1) is 0 Å². The van der Waals surface area contributed by atoms with E-state index in [0.717, 1.165) is 11.8 Å². The highest BCUT2D eigenvalue weighted by Gasteiger charge is 2.05. The molecule has 14 heavy (non-hydrogen) atoms. The van der Waals surface area contributed by atoms with Crippen LogP contribution in [0.4, 0.5) is 5.69 Å². The fourth-order valence-electron chi connectivity index (χ4n) is 1.16. The van der Waals surface area contributed by atoms with Gasteiger partial charge in [-0.3, -0.25) is 9.79 Å². The summed E-state index contributed by atoms with van der Waals surface area (Å²) in [5.41, 5.74) is 2.25. The molecular weight excluding hydrogens is 176 g/mol. The van der Waals surface area contributed by atoms with Crippen molar-refractivity contribution in [3.63, 3.8) is 0 Å². The number of rotatable bonds is 3. The Morgan fingerprint density at radius 2 is 2.21 bits per heavy atom. The van der Waals surface area contributed by atoms with Crippen LogP contribution in [0.1, 0.15) is 22.8 Å². The Bertz CT molecular complexity index is 394. The molecule has 1 aromatic carbocycles. The minimum atomic E-state index is -0.00849. The van der Waals surface area contributed by atoms with E-state index in [1.165, 1.54) is 13.1 Å². The summed E-state index contributed by atoms with van der Waals surface area (Å²) >= 11 is 0. The summed E-state index contributed by atoms with van der Waals surface area (Å²) in [6, 6.07) is 5.48. The molecule has 0 aliphatic rings. The van der Waals surface area contributed by atoms with Crippen LogP contribution < -0.4 is 0 Å². The van der Waals surface area contributed by atoms with Crippen molar-refractivity contribution in [2.45, 2.75) is 13.8 Å². The number of carbonyl (C=O) groups is 1. The fourth-order valence-corrected chi connectivity index (χ4v) is 1.16. The van der Waals surface area contributed by atoms with Gasteiger partial charge in [0.2, 0.25) is 0 Å². The SMILES string of the molecule is CC(=O)c1cc(C)ccc1N=CC=N. The first-order valence-corrected chi connectivity index (χ1v) is 4.30. The normalized spacial score (nSPS) is 10.4. The molecule has 0 radical (unpaired) electrons. The lowest BCUT2D eigenvalue weighted by Crippen LogP contribution is -1.93. The topological polar surface area (TPSA) is 53.3 Å². The summed E-state index contributed by atoms with van der Waals surface area (Å²) in [6.07, 6.45) is 2.45. The quantitative estimate of drug-likeness (QED) is 0.575. The van der Waals surface area contributed by atoms with Crippen molar-refractivity contribution in [2.75, 3.05) is 0 Å². The standard InChI is InChI=1S/C11H12N2O/c1-8-3-4-11(13-6-5-12)10(7-8)9(2)14/h3-7,12H,1-2H3. The maximum Gasteiger partial charge on any atom is 0.161 e. The third-order valence-electron chi connectivity index (χ3n) is 1.82. The molecule has 0 aromatic heterocycles. The summed E-state index contributed by atoms with van der Waals surface area (Å²) in [5.74, 6) is -0.00849. The number of hydrogen-bond donors (Lipinski definition) is 1. The summed E-state index contributed by atoms with van der Waals surface area (Å²) in [7, 11) is 0. The van der Waals surface area contributed by atoms with Gasteiger partial charge in [-0.25, -0.2) is 0 Å². The van der Waals surface area contributed by atoms with E-state index < -0.39 is 0 Å². The van der Waals surface area contributed by atoms with E-state index in [0.29, 0.717) is 11.3 Å². The zero-order valence-corrected chi connectivity index (χ0v) is 8.24. The molecule has 1 rings (SSSR count). The van der Waals surface area contributed by atoms with Crippen LogP contribution in [0.25, 0.3) is 0 Å². The first kappa shape index (κ1) is 10.3.